The van der Waals surface area contributed by atoms with Crippen molar-refractivity contribution in [3.8, 4) is 5.88 Å². The Morgan fingerprint density at radius 1 is 1.43 bits per heavy atom. The lowest BCUT2D eigenvalue weighted by Crippen LogP contribution is -2.50. The fraction of sp³-hybridized carbons (Fsp3) is 0.429. The maximum Gasteiger partial charge on any atom is 0.272 e. The van der Waals surface area contributed by atoms with Gasteiger partial charge in [-0.15, -0.1) is 0 Å². The number of carbonyl (C=O) groups excluding carboxylic acids is 2. The van der Waals surface area contributed by atoms with Crippen LogP contribution in [0.2, 0.25) is 0 Å². The van der Waals surface area contributed by atoms with Gasteiger partial charge in [0, 0.05) is 36.4 Å². The largest absolute Gasteiger partial charge is 0.472 e. The van der Waals surface area contributed by atoms with Gasteiger partial charge in [0.1, 0.15) is 17.4 Å². The van der Waals surface area contributed by atoms with Crippen LogP contribution in [0.25, 0.3) is 0 Å². The van der Waals surface area contributed by atoms with Crippen molar-refractivity contribution in [1.82, 2.24) is 19.8 Å². The number of ether oxygens (including phenoxy) is 1. The third-order valence-corrected chi connectivity index (χ3v) is 5.61. The molecule has 160 valence electrons. The van der Waals surface area contributed by atoms with Crippen molar-refractivity contribution >= 4 is 27.7 Å². The van der Waals surface area contributed by atoms with Gasteiger partial charge in [-0.25, -0.2) is 4.98 Å². The Hall–Kier alpha value is -2.52. The van der Waals surface area contributed by atoms with E-state index in [1.54, 1.807) is 60.4 Å². The third kappa shape index (κ3) is 4.79. The van der Waals surface area contributed by atoms with E-state index >= 15 is 0 Å². The molecule has 0 saturated carbocycles. The minimum atomic E-state index is -0.406. The number of carbonyl (C=O) groups is 2. The van der Waals surface area contributed by atoms with Gasteiger partial charge < -0.3 is 19.6 Å². The number of likely N-dealkylation sites (N-methyl/N-ethyl adjacent to an activating group) is 1. The van der Waals surface area contributed by atoms with Crippen LogP contribution < -0.4 is 4.74 Å². The molecule has 0 bridgehead atoms. The number of rotatable bonds is 5. The lowest BCUT2D eigenvalue weighted by molar-refractivity contribution is 0.0312. The van der Waals surface area contributed by atoms with Gasteiger partial charge >= 0.3 is 0 Å². The molecule has 9 heteroatoms. The fourth-order valence-corrected chi connectivity index (χ4v) is 3.66. The van der Waals surface area contributed by atoms with Crippen LogP contribution in [0.5, 0.6) is 5.88 Å². The summed E-state index contributed by atoms with van der Waals surface area (Å²) in [6, 6.07) is 6.49. The summed E-state index contributed by atoms with van der Waals surface area (Å²) < 4.78 is 6.79. The molecule has 0 fully saturated rings. The first-order valence-corrected chi connectivity index (χ1v) is 10.5. The Morgan fingerprint density at radius 2 is 2.20 bits per heavy atom. The molecule has 3 rings (SSSR count). The van der Waals surface area contributed by atoms with Gasteiger partial charge in [0.25, 0.3) is 11.8 Å². The number of aliphatic hydroxyl groups is 1. The first kappa shape index (κ1) is 22.2. The Bertz CT molecular complexity index is 911. The highest BCUT2D eigenvalue weighted by Crippen LogP contribution is 2.28. The number of amides is 2. The van der Waals surface area contributed by atoms with Crippen LogP contribution in [0.4, 0.5) is 0 Å². The zero-order valence-corrected chi connectivity index (χ0v) is 18.7. The van der Waals surface area contributed by atoms with Gasteiger partial charge in [-0.05, 0) is 41.1 Å². The number of hydrogen-bond donors (Lipinski definition) is 1. The zero-order valence-electron chi connectivity index (χ0n) is 17.2. The first-order valence-electron chi connectivity index (χ1n) is 9.72. The van der Waals surface area contributed by atoms with Gasteiger partial charge in [-0.2, -0.15) is 0 Å². The SMILES string of the molecule is C[C@H]1CN([C@@H](C)CO)C(=O)c2cc(Br)cnc2O[C@H]1CN(C)C(=O)c1ccccn1. The summed E-state index contributed by atoms with van der Waals surface area (Å²) in [7, 11) is 1.70. The predicted octanol–water partition coefficient (Wildman–Crippen LogP) is 2.23. The number of nitrogens with zero attached hydrogens (tertiary/aromatic N) is 4. The van der Waals surface area contributed by atoms with Crippen molar-refractivity contribution in [3.05, 3.63) is 52.4 Å². The number of aliphatic hydroxyl groups excluding tert-OH is 1. The quantitative estimate of drug-likeness (QED) is 0.710. The lowest BCUT2D eigenvalue weighted by Gasteiger charge is -2.37. The molecule has 0 radical (unpaired) electrons. The summed E-state index contributed by atoms with van der Waals surface area (Å²) in [5.41, 5.74) is 0.673. The molecule has 2 aromatic heterocycles. The van der Waals surface area contributed by atoms with Crippen LogP contribution in [0.3, 0.4) is 0 Å². The second-order valence-electron chi connectivity index (χ2n) is 7.53. The average molecular weight is 477 g/mol. The predicted molar refractivity (Wildman–Crippen MR) is 114 cm³/mol. The van der Waals surface area contributed by atoms with Gasteiger partial charge in [0.15, 0.2) is 0 Å². The molecule has 1 aliphatic rings. The highest BCUT2D eigenvalue weighted by molar-refractivity contribution is 9.10. The van der Waals surface area contributed by atoms with E-state index in [0.717, 1.165) is 0 Å². The van der Waals surface area contributed by atoms with Gasteiger partial charge in [0.05, 0.1) is 19.2 Å². The van der Waals surface area contributed by atoms with Gasteiger partial charge in [0.2, 0.25) is 5.88 Å². The fourth-order valence-electron chi connectivity index (χ4n) is 3.33. The summed E-state index contributed by atoms with van der Waals surface area (Å²) in [5, 5.41) is 9.66. The van der Waals surface area contributed by atoms with Crippen LogP contribution in [0, 0.1) is 5.92 Å². The summed E-state index contributed by atoms with van der Waals surface area (Å²) in [6.45, 7) is 4.27. The highest BCUT2D eigenvalue weighted by atomic mass is 79.9. The molecule has 0 spiro atoms. The maximum atomic E-state index is 13.1. The number of hydrogen-bond acceptors (Lipinski definition) is 6. The van der Waals surface area contributed by atoms with E-state index in [1.165, 1.54) is 0 Å². The van der Waals surface area contributed by atoms with Crippen molar-refractivity contribution in [2.75, 3.05) is 26.7 Å². The first-order chi connectivity index (χ1) is 14.3. The number of aromatic nitrogens is 2. The van der Waals surface area contributed by atoms with Crippen LogP contribution in [0.15, 0.2) is 41.1 Å². The molecule has 0 unspecified atom stereocenters. The van der Waals surface area contributed by atoms with Gasteiger partial charge in [-0.1, -0.05) is 13.0 Å². The van der Waals surface area contributed by atoms with E-state index in [9.17, 15) is 14.7 Å². The smallest absolute Gasteiger partial charge is 0.272 e. The molecule has 2 aromatic rings. The molecule has 3 atom stereocenters. The second-order valence-corrected chi connectivity index (χ2v) is 8.45. The molecule has 1 N–H and O–H groups in total. The Morgan fingerprint density at radius 3 is 2.87 bits per heavy atom. The average Bonchev–Trinajstić information content (AvgIpc) is 2.76. The minimum absolute atomic E-state index is 0.111. The van der Waals surface area contributed by atoms with Crippen LogP contribution >= 0.6 is 15.9 Å². The van der Waals surface area contributed by atoms with E-state index in [-0.39, 0.29) is 36.3 Å². The molecule has 8 nitrogen and oxygen atoms in total. The summed E-state index contributed by atoms with van der Waals surface area (Å²) in [4.78, 5) is 37.4. The second kappa shape index (κ2) is 9.53. The third-order valence-electron chi connectivity index (χ3n) is 5.17. The standard InChI is InChI=1S/C21H25BrN4O4/c1-13-10-26(14(2)12-27)20(28)16-8-15(22)9-24-19(16)30-18(13)11-25(3)21(29)17-6-4-5-7-23-17/h4-9,13-14,18,27H,10-12H2,1-3H3/t13-,14-,18-/m0/s1. The van der Waals surface area contributed by atoms with E-state index in [4.69, 9.17) is 4.74 Å². The normalized spacial score (nSPS) is 19.9. The summed E-state index contributed by atoms with van der Waals surface area (Å²) in [6.07, 6.45) is 2.74. The van der Waals surface area contributed by atoms with Crippen molar-refractivity contribution in [3.63, 3.8) is 0 Å². The van der Waals surface area contributed by atoms with Crippen molar-refractivity contribution in [2.45, 2.75) is 26.0 Å². The Kier molecular flexibility index (Phi) is 7.04. The van der Waals surface area contributed by atoms with E-state index in [2.05, 4.69) is 25.9 Å². The molecule has 3 heterocycles. The molecule has 0 aromatic carbocycles. The molecule has 0 saturated heterocycles. The number of pyridine rings is 2. The molecular weight excluding hydrogens is 452 g/mol. The Balaban J connectivity index is 1.90. The van der Waals surface area contributed by atoms with E-state index in [0.29, 0.717) is 28.8 Å². The summed E-state index contributed by atoms with van der Waals surface area (Å²) >= 11 is 3.35. The van der Waals surface area contributed by atoms with Crippen LogP contribution in [0.1, 0.15) is 34.7 Å². The molecular formula is C21H25BrN4O4. The van der Waals surface area contributed by atoms with Crippen molar-refractivity contribution in [2.24, 2.45) is 5.92 Å². The molecule has 0 aliphatic carbocycles. The number of fused-ring (bicyclic) bond motifs is 1. The van der Waals surface area contributed by atoms with Crippen molar-refractivity contribution in [1.29, 1.82) is 0 Å². The van der Waals surface area contributed by atoms with Crippen LogP contribution in [-0.4, -0.2) is 75.6 Å². The molecule has 1 aliphatic heterocycles. The number of halogens is 1. The summed E-state index contributed by atoms with van der Waals surface area (Å²) in [5.74, 6) is -0.355. The lowest BCUT2D eigenvalue weighted by atomic mass is 10.00. The Labute approximate surface area is 184 Å². The van der Waals surface area contributed by atoms with Crippen molar-refractivity contribution < 1.29 is 19.4 Å². The minimum Gasteiger partial charge on any atom is -0.472 e. The van der Waals surface area contributed by atoms with E-state index < -0.39 is 6.10 Å². The maximum absolute atomic E-state index is 13.1. The topological polar surface area (TPSA) is 95.9 Å². The zero-order chi connectivity index (χ0) is 21.8. The highest BCUT2D eigenvalue weighted by Gasteiger charge is 2.34. The van der Waals surface area contributed by atoms with Crippen LogP contribution in [-0.2, 0) is 0 Å². The molecule has 30 heavy (non-hydrogen) atoms. The van der Waals surface area contributed by atoms with Gasteiger partial charge in [-0.3, -0.25) is 14.6 Å². The van der Waals surface area contributed by atoms with E-state index in [1.807, 2.05) is 6.92 Å². The molecule has 2 amide bonds. The monoisotopic (exact) mass is 476 g/mol.